The van der Waals surface area contributed by atoms with Gasteiger partial charge in [-0.2, -0.15) is 0 Å². The van der Waals surface area contributed by atoms with E-state index in [1.807, 2.05) is 6.92 Å². The van der Waals surface area contributed by atoms with Crippen molar-refractivity contribution in [3.63, 3.8) is 0 Å². The molecule has 1 aromatic heterocycles. The molecule has 28 heavy (non-hydrogen) atoms. The van der Waals surface area contributed by atoms with Gasteiger partial charge in [-0.25, -0.2) is 4.99 Å². The Kier molecular flexibility index (Phi) is 6.05. The first kappa shape index (κ1) is 20.7. The average Bonchev–Trinajstić information content (AvgIpc) is 3.24. The Morgan fingerprint density at radius 3 is 2.57 bits per heavy atom. The monoisotopic (exact) mass is 403 g/mol. The molecule has 0 spiro atoms. The second-order valence-electron chi connectivity index (χ2n) is 8.46. The Hall–Kier alpha value is -1.99. The van der Waals surface area contributed by atoms with E-state index in [4.69, 9.17) is 9.73 Å². The topological polar surface area (TPSA) is 69.7 Å². The number of rotatable bonds is 5. The molecule has 1 saturated carbocycles. The van der Waals surface area contributed by atoms with Gasteiger partial charge in [-0.15, -0.1) is 11.3 Å². The summed E-state index contributed by atoms with van der Waals surface area (Å²) in [7, 11) is 0. The molecule has 0 amide bonds. The summed E-state index contributed by atoms with van der Waals surface area (Å²) in [6.07, 6.45) is 4.74. The first-order valence-corrected chi connectivity index (χ1v) is 10.7. The molecule has 6 nitrogen and oxygen atoms in total. The van der Waals surface area contributed by atoms with Gasteiger partial charge in [0.15, 0.2) is 4.80 Å². The van der Waals surface area contributed by atoms with Crippen molar-refractivity contribution in [2.24, 2.45) is 4.99 Å². The molecule has 1 heterocycles. The van der Waals surface area contributed by atoms with Crippen LogP contribution in [0.1, 0.15) is 76.8 Å². The van der Waals surface area contributed by atoms with E-state index in [2.05, 4.69) is 37.6 Å². The van der Waals surface area contributed by atoms with Crippen LogP contribution in [0.25, 0.3) is 0 Å². The maximum absolute atomic E-state index is 11.0. The third kappa shape index (κ3) is 4.70. The summed E-state index contributed by atoms with van der Waals surface area (Å²) in [6.45, 7) is 10.2. The van der Waals surface area contributed by atoms with Crippen LogP contribution in [0, 0.1) is 17.0 Å². The number of non-ortho nitro benzene ring substituents is 1. The quantitative estimate of drug-likeness (QED) is 0.455. The number of ether oxygens (including phenoxy) is 1. The minimum atomic E-state index is -0.371. The highest BCUT2D eigenvalue weighted by Gasteiger charge is 2.25. The lowest BCUT2D eigenvalue weighted by atomic mass is 10.1. The molecule has 152 valence electrons. The van der Waals surface area contributed by atoms with Crippen LogP contribution in [0.2, 0.25) is 0 Å². The fourth-order valence-electron chi connectivity index (χ4n) is 3.81. The Morgan fingerprint density at radius 2 is 2.00 bits per heavy atom. The molecule has 3 rings (SSSR count). The molecule has 2 aromatic rings. The standard InChI is InChI=1S/C21H29N3O3S/c1-14-12-17(24(25)26)10-11-18(14)22-20-23(16-8-6-7-9-16)19(13-28-20)15(2)27-21(3,4)5/h10-13,15-16H,6-9H2,1-5H3/t15-/m0/s1. The molecule has 7 heteroatoms. The van der Waals surface area contributed by atoms with Crippen molar-refractivity contribution in [3.8, 4) is 0 Å². The lowest BCUT2D eigenvalue weighted by Crippen LogP contribution is -2.26. The predicted octanol–water partition coefficient (Wildman–Crippen LogP) is 5.99. The van der Waals surface area contributed by atoms with Crippen LogP contribution in [0.3, 0.4) is 0 Å². The van der Waals surface area contributed by atoms with Crippen molar-refractivity contribution >= 4 is 22.7 Å². The predicted molar refractivity (Wildman–Crippen MR) is 112 cm³/mol. The number of nitro benzene ring substituents is 1. The van der Waals surface area contributed by atoms with Crippen LogP contribution in [0.5, 0.6) is 0 Å². The van der Waals surface area contributed by atoms with Crippen LogP contribution in [-0.2, 0) is 4.74 Å². The van der Waals surface area contributed by atoms with Crippen LogP contribution in [0.15, 0.2) is 28.6 Å². The Balaban J connectivity index is 2.06. The van der Waals surface area contributed by atoms with Gasteiger partial charge in [-0.1, -0.05) is 12.8 Å². The summed E-state index contributed by atoms with van der Waals surface area (Å²) in [6, 6.07) is 5.27. The molecular formula is C21H29N3O3S. The summed E-state index contributed by atoms with van der Waals surface area (Å²) in [5.74, 6) is 0. The number of thiazole rings is 1. The number of benzene rings is 1. The van der Waals surface area contributed by atoms with Crippen molar-refractivity contribution in [2.75, 3.05) is 0 Å². The first-order chi connectivity index (χ1) is 13.2. The van der Waals surface area contributed by atoms with Gasteiger partial charge in [0.1, 0.15) is 0 Å². The molecular weight excluding hydrogens is 374 g/mol. The highest BCUT2D eigenvalue weighted by atomic mass is 32.1. The van der Waals surface area contributed by atoms with Crippen LogP contribution in [-0.4, -0.2) is 15.1 Å². The van der Waals surface area contributed by atoms with Crippen molar-refractivity contribution in [1.82, 2.24) is 4.57 Å². The van der Waals surface area contributed by atoms with Crippen molar-refractivity contribution in [1.29, 1.82) is 0 Å². The van der Waals surface area contributed by atoms with Crippen LogP contribution < -0.4 is 4.80 Å². The van der Waals surface area contributed by atoms with E-state index < -0.39 is 0 Å². The summed E-state index contributed by atoms with van der Waals surface area (Å²) in [5.41, 5.74) is 2.61. The van der Waals surface area contributed by atoms with Crippen molar-refractivity contribution in [2.45, 2.75) is 78.0 Å². The van der Waals surface area contributed by atoms with Crippen LogP contribution in [0.4, 0.5) is 11.4 Å². The molecule has 0 radical (unpaired) electrons. The number of nitro groups is 1. The molecule has 1 atom stereocenters. The van der Waals surface area contributed by atoms with E-state index in [-0.39, 0.29) is 22.3 Å². The second-order valence-corrected chi connectivity index (χ2v) is 9.30. The normalized spacial score (nSPS) is 17.2. The van der Waals surface area contributed by atoms with E-state index in [9.17, 15) is 10.1 Å². The summed E-state index contributed by atoms with van der Waals surface area (Å²) >= 11 is 1.61. The minimum Gasteiger partial charge on any atom is -0.367 e. The zero-order chi connectivity index (χ0) is 20.5. The lowest BCUT2D eigenvalue weighted by Gasteiger charge is -2.27. The largest absolute Gasteiger partial charge is 0.367 e. The van der Waals surface area contributed by atoms with Gasteiger partial charge >= 0.3 is 0 Å². The van der Waals surface area contributed by atoms with E-state index in [0.717, 1.165) is 34.6 Å². The van der Waals surface area contributed by atoms with Gasteiger partial charge in [0.05, 0.1) is 28.0 Å². The van der Waals surface area contributed by atoms with Gasteiger partial charge in [0, 0.05) is 23.6 Å². The number of hydrogen-bond acceptors (Lipinski definition) is 5. The maximum atomic E-state index is 11.0. The smallest absolute Gasteiger partial charge is 0.269 e. The SMILES string of the molecule is Cc1cc([N+](=O)[O-])ccc1N=c1scc([C@H](C)OC(C)(C)C)n1C1CCCC1. The fourth-order valence-corrected chi connectivity index (χ4v) is 4.86. The van der Waals surface area contributed by atoms with E-state index in [1.165, 1.54) is 18.9 Å². The van der Waals surface area contributed by atoms with Crippen molar-refractivity contribution in [3.05, 3.63) is 49.8 Å². The third-order valence-corrected chi connectivity index (χ3v) is 5.87. The fraction of sp³-hybridized carbons (Fsp3) is 0.571. The number of hydrogen-bond donors (Lipinski definition) is 0. The zero-order valence-electron chi connectivity index (χ0n) is 17.3. The van der Waals surface area contributed by atoms with Gasteiger partial charge in [0.25, 0.3) is 5.69 Å². The first-order valence-electron chi connectivity index (χ1n) is 9.83. The highest BCUT2D eigenvalue weighted by Crippen LogP contribution is 2.34. The van der Waals surface area contributed by atoms with E-state index in [1.54, 1.807) is 23.5 Å². The van der Waals surface area contributed by atoms with Gasteiger partial charge < -0.3 is 9.30 Å². The van der Waals surface area contributed by atoms with Gasteiger partial charge in [-0.3, -0.25) is 10.1 Å². The maximum Gasteiger partial charge on any atom is 0.269 e. The number of aromatic nitrogens is 1. The highest BCUT2D eigenvalue weighted by molar-refractivity contribution is 7.07. The molecule has 1 aromatic carbocycles. The lowest BCUT2D eigenvalue weighted by molar-refractivity contribution is -0.384. The minimum absolute atomic E-state index is 0.0289. The second kappa shape index (κ2) is 8.17. The third-order valence-electron chi connectivity index (χ3n) is 5.01. The van der Waals surface area contributed by atoms with Crippen molar-refractivity contribution < 1.29 is 9.66 Å². The number of nitrogens with zero attached hydrogens (tertiary/aromatic N) is 3. The molecule has 0 N–H and O–H groups in total. The molecule has 1 aliphatic carbocycles. The summed E-state index contributed by atoms with van der Waals surface area (Å²) in [4.78, 5) is 16.5. The summed E-state index contributed by atoms with van der Waals surface area (Å²) in [5, 5.41) is 13.1. The van der Waals surface area contributed by atoms with Crippen LogP contribution >= 0.6 is 11.3 Å². The molecule has 0 saturated heterocycles. The molecule has 0 bridgehead atoms. The Labute approximate surface area is 170 Å². The molecule has 1 fully saturated rings. The summed E-state index contributed by atoms with van der Waals surface area (Å²) < 4.78 is 8.56. The zero-order valence-corrected chi connectivity index (χ0v) is 18.1. The average molecular weight is 404 g/mol. The van der Waals surface area contributed by atoms with E-state index in [0.29, 0.717) is 6.04 Å². The van der Waals surface area contributed by atoms with E-state index >= 15 is 0 Å². The molecule has 1 aliphatic rings. The van der Waals surface area contributed by atoms with Gasteiger partial charge in [-0.05, 0) is 59.1 Å². The molecule has 0 unspecified atom stereocenters. The Morgan fingerprint density at radius 1 is 1.32 bits per heavy atom. The molecule has 0 aliphatic heterocycles. The number of aryl methyl sites for hydroxylation is 1. The van der Waals surface area contributed by atoms with Gasteiger partial charge in [0.2, 0.25) is 0 Å². The Bertz CT molecular complexity index is 918.